The molecule has 18 heavy (non-hydrogen) atoms. The molecule has 0 radical (unpaired) electrons. The molecule has 1 heterocycles. The zero-order valence-electron chi connectivity index (χ0n) is 10.9. The molecule has 0 aliphatic heterocycles. The van der Waals surface area contributed by atoms with E-state index in [0.717, 1.165) is 11.4 Å². The van der Waals surface area contributed by atoms with E-state index in [9.17, 15) is 4.79 Å². The minimum atomic E-state index is -0.263. The van der Waals surface area contributed by atoms with E-state index in [2.05, 4.69) is 19.1 Å². The van der Waals surface area contributed by atoms with Crippen molar-refractivity contribution in [2.45, 2.75) is 20.8 Å². The van der Waals surface area contributed by atoms with Crippen LogP contribution < -0.4 is 0 Å². The first-order chi connectivity index (χ1) is 8.63. The van der Waals surface area contributed by atoms with E-state index in [1.165, 1.54) is 5.56 Å². The summed E-state index contributed by atoms with van der Waals surface area (Å²) < 4.78 is 7.02. The van der Waals surface area contributed by atoms with Crippen LogP contribution in [-0.2, 0) is 4.74 Å². The maximum absolute atomic E-state index is 11.7. The van der Waals surface area contributed by atoms with E-state index < -0.39 is 0 Å². The summed E-state index contributed by atoms with van der Waals surface area (Å²) in [5.41, 5.74) is 3.79. The standard InChI is InChI=1S/C15H17NO2/c1-4-18-15(17)14-9-10-16(12(14)3)13-7-5-11(2)6-8-13/h5-10H,4H2,1-3H3. The van der Waals surface area contributed by atoms with Gasteiger partial charge in [-0.3, -0.25) is 0 Å². The fourth-order valence-corrected chi connectivity index (χ4v) is 1.92. The van der Waals surface area contributed by atoms with Crippen LogP contribution in [0, 0.1) is 13.8 Å². The van der Waals surface area contributed by atoms with Gasteiger partial charge in [0.1, 0.15) is 0 Å². The largest absolute Gasteiger partial charge is 0.462 e. The maximum atomic E-state index is 11.7. The zero-order chi connectivity index (χ0) is 13.1. The van der Waals surface area contributed by atoms with Gasteiger partial charge in [0, 0.05) is 17.6 Å². The summed E-state index contributed by atoms with van der Waals surface area (Å²) >= 11 is 0. The molecular formula is C15H17NO2. The van der Waals surface area contributed by atoms with Crippen LogP contribution in [0.15, 0.2) is 36.5 Å². The maximum Gasteiger partial charge on any atom is 0.339 e. The first kappa shape index (κ1) is 12.4. The first-order valence-electron chi connectivity index (χ1n) is 6.05. The van der Waals surface area contributed by atoms with Crippen molar-refractivity contribution in [3.05, 3.63) is 53.3 Å². The third kappa shape index (κ3) is 2.30. The molecule has 94 valence electrons. The molecule has 0 spiro atoms. The summed E-state index contributed by atoms with van der Waals surface area (Å²) in [4.78, 5) is 11.7. The van der Waals surface area contributed by atoms with Crippen LogP contribution in [0.25, 0.3) is 5.69 Å². The van der Waals surface area contributed by atoms with Crippen molar-refractivity contribution in [2.75, 3.05) is 6.61 Å². The number of benzene rings is 1. The second-order valence-electron chi connectivity index (χ2n) is 4.24. The summed E-state index contributed by atoms with van der Waals surface area (Å²) in [5.74, 6) is -0.263. The molecule has 0 atom stereocenters. The van der Waals surface area contributed by atoms with Crippen molar-refractivity contribution in [1.82, 2.24) is 4.57 Å². The Morgan fingerprint density at radius 3 is 2.44 bits per heavy atom. The molecule has 0 aliphatic rings. The van der Waals surface area contributed by atoms with E-state index in [0.29, 0.717) is 12.2 Å². The quantitative estimate of drug-likeness (QED) is 0.775. The molecule has 0 N–H and O–H groups in total. The number of rotatable bonds is 3. The Hall–Kier alpha value is -2.03. The highest BCUT2D eigenvalue weighted by Gasteiger charge is 2.14. The van der Waals surface area contributed by atoms with Gasteiger partial charge in [-0.05, 0) is 39.0 Å². The van der Waals surface area contributed by atoms with Crippen LogP contribution in [0.1, 0.15) is 28.5 Å². The normalized spacial score (nSPS) is 10.4. The Balaban J connectivity index is 2.36. The summed E-state index contributed by atoms with van der Waals surface area (Å²) in [6, 6.07) is 9.99. The fourth-order valence-electron chi connectivity index (χ4n) is 1.92. The van der Waals surface area contributed by atoms with Crippen LogP contribution in [0.4, 0.5) is 0 Å². The smallest absolute Gasteiger partial charge is 0.339 e. The minimum absolute atomic E-state index is 0.263. The summed E-state index contributed by atoms with van der Waals surface area (Å²) in [6.07, 6.45) is 1.90. The number of esters is 1. The Bertz CT molecular complexity index is 552. The Labute approximate surface area is 107 Å². The van der Waals surface area contributed by atoms with E-state index in [1.54, 1.807) is 6.07 Å². The molecule has 0 amide bonds. The van der Waals surface area contributed by atoms with Gasteiger partial charge in [0.15, 0.2) is 0 Å². The molecule has 0 unspecified atom stereocenters. The Morgan fingerprint density at radius 1 is 1.17 bits per heavy atom. The Kier molecular flexibility index (Phi) is 3.51. The van der Waals surface area contributed by atoms with E-state index in [1.807, 2.05) is 36.7 Å². The number of carbonyl (C=O) groups excluding carboxylic acids is 1. The molecule has 3 heteroatoms. The number of aromatic nitrogens is 1. The average molecular weight is 243 g/mol. The van der Waals surface area contributed by atoms with E-state index in [4.69, 9.17) is 4.74 Å². The summed E-state index contributed by atoms with van der Waals surface area (Å²) in [7, 11) is 0. The van der Waals surface area contributed by atoms with Gasteiger partial charge in [0.05, 0.1) is 12.2 Å². The van der Waals surface area contributed by atoms with Gasteiger partial charge < -0.3 is 9.30 Å². The molecule has 0 saturated heterocycles. The second-order valence-corrected chi connectivity index (χ2v) is 4.24. The fraction of sp³-hybridized carbons (Fsp3) is 0.267. The molecule has 0 bridgehead atoms. The van der Waals surface area contributed by atoms with Crippen molar-refractivity contribution in [1.29, 1.82) is 0 Å². The highest BCUT2D eigenvalue weighted by molar-refractivity contribution is 5.91. The lowest BCUT2D eigenvalue weighted by Crippen LogP contribution is -2.06. The highest BCUT2D eigenvalue weighted by atomic mass is 16.5. The third-order valence-corrected chi connectivity index (χ3v) is 2.95. The molecule has 2 rings (SSSR count). The molecule has 1 aromatic heterocycles. The van der Waals surface area contributed by atoms with Gasteiger partial charge in [-0.2, -0.15) is 0 Å². The van der Waals surface area contributed by atoms with E-state index in [-0.39, 0.29) is 5.97 Å². The van der Waals surface area contributed by atoms with Gasteiger partial charge in [0.2, 0.25) is 0 Å². The number of carbonyl (C=O) groups is 1. The lowest BCUT2D eigenvalue weighted by atomic mass is 10.2. The van der Waals surface area contributed by atoms with Gasteiger partial charge in [-0.1, -0.05) is 17.7 Å². The predicted octanol–water partition coefficient (Wildman–Crippen LogP) is 3.27. The van der Waals surface area contributed by atoms with Crippen LogP contribution in [0.3, 0.4) is 0 Å². The molecule has 0 fully saturated rings. The van der Waals surface area contributed by atoms with Crippen LogP contribution in [0.2, 0.25) is 0 Å². The number of aryl methyl sites for hydroxylation is 1. The lowest BCUT2D eigenvalue weighted by Gasteiger charge is -2.07. The SMILES string of the molecule is CCOC(=O)c1ccn(-c2ccc(C)cc2)c1C. The third-order valence-electron chi connectivity index (χ3n) is 2.95. The van der Waals surface area contributed by atoms with Crippen molar-refractivity contribution in [3.63, 3.8) is 0 Å². The minimum Gasteiger partial charge on any atom is -0.462 e. The predicted molar refractivity (Wildman–Crippen MR) is 71.2 cm³/mol. The van der Waals surface area contributed by atoms with Crippen LogP contribution >= 0.6 is 0 Å². The molecule has 0 aliphatic carbocycles. The van der Waals surface area contributed by atoms with Gasteiger partial charge >= 0.3 is 5.97 Å². The first-order valence-corrected chi connectivity index (χ1v) is 6.05. The number of hydrogen-bond donors (Lipinski definition) is 0. The number of ether oxygens (including phenoxy) is 1. The lowest BCUT2D eigenvalue weighted by molar-refractivity contribution is 0.0525. The number of nitrogens with zero attached hydrogens (tertiary/aromatic N) is 1. The monoisotopic (exact) mass is 243 g/mol. The van der Waals surface area contributed by atoms with Crippen molar-refractivity contribution in [2.24, 2.45) is 0 Å². The molecule has 0 saturated carbocycles. The molecule has 1 aromatic carbocycles. The van der Waals surface area contributed by atoms with Crippen LogP contribution in [0.5, 0.6) is 0 Å². The van der Waals surface area contributed by atoms with Crippen LogP contribution in [-0.4, -0.2) is 17.1 Å². The molecular weight excluding hydrogens is 226 g/mol. The second kappa shape index (κ2) is 5.08. The van der Waals surface area contributed by atoms with Gasteiger partial charge in [-0.15, -0.1) is 0 Å². The van der Waals surface area contributed by atoms with Crippen molar-refractivity contribution in [3.8, 4) is 5.69 Å². The topological polar surface area (TPSA) is 31.2 Å². The van der Waals surface area contributed by atoms with Gasteiger partial charge in [-0.25, -0.2) is 4.79 Å². The summed E-state index contributed by atoms with van der Waals surface area (Å²) in [6.45, 7) is 6.18. The zero-order valence-corrected chi connectivity index (χ0v) is 10.9. The highest BCUT2D eigenvalue weighted by Crippen LogP contribution is 2.17. The van der Waals surface area contributed by atoms with Crippen molar-refractivity contribution >= 4 is 5.97 Å². The Morgan fingerprint density at radius 2 is 1.83 bits per heavy atom. The average Bonchev–Trinajstić information content (AvgIpc) is 2.73. The van der Waals surface area contributed by atoms with Crippen molar-refractivity contribution < 1.29 is 9.53 Å². The van der Waals surface area contributed by atoms with Gasteiger partial charge in [0.25, 0.3) is 0 Å². The summed E-state index contributed by atoms with van der Waals surface area (Å²) in [5, 5.41) is 0. The number of hydrogen-bond acceptors (Lipinski definition) is 2. The molecule has 3 nitrogen and oxygen atoms in total. The molecule has 2 aromatic rings. The van der Waals surface area contributed by atoms with E-state index >= 15 is 0 Å².